The van der Waals surface area contributed by atoms with Crippen molar-refractivity contribution in [2.24, 2.45) is 0 Å². The highest BCUT2D eigenvalue weighted by atomic mass is 16.5. The molecule has 0 spiro atoms. The molecule has 1 atom stereocenters. The molecule has 0 aliphatic carbocycles. The van der Waals surface area contributed by atoms with E-state index in [-0.39, 0.29) is 11.9 Å². The van der Waals surface area contributed by atoms with Crippen LogP contribution in [0.1, 0.15) is 43.1 Å². The van der Waals surface area contributed by atoms with Gasteiger partial charge in [-0.2, -0.15) is 0 Å². The Kier molecular flexibility index (Phi) is 8.88. The normalized spacial score (nSPS) is 11.7. The molecule has 0 aliphatic heterocycles. The Morgan fingerprint density at radius 3 is 2.58 bits per heavy atom. The van der Waals surface area contributed by atoms with Crippen molar-refractivity contribution in [1.29, 1.82) is 0 Å². The van der Waals surface area contributed by atoms with Gasteiger partial charge < -0.3 is 19.5 Å². The SMILES string of the molecule is CCCOc1ccc(C(C)NC(=O)/C=C/c2ccc(OCc3ccccn3)cc2)cc1OC. The van der Waals surface area contributed by atoms with Gasteiger partial charge in [-0.05, 0) is 66.9 Å². The number of aromatic nitrogens is 1. The second-order valence-electron chi connectivity index (χ2n) is 7.50. The second-order valence-corrected chi connectivity index (χ2v) is 7.50. The molecule has 0 saturated carbocycles. The maximum atomic E-state index is 12.4. The van der Waals surface area contributed by atoms with E-state index in [9.17, 15) is 4.79 Å². The van der Waals surface area contributed by atoms with Crippen LogP contribution in [0.4, 0.5) is 0 Å². The first-order chi connectivity index (χ1) is 16.1. The van der Waals surface area contributed by atoms with Gasteiger partial charge in [0.1, 0.15) is 12.4 Å². The third kappa shape index (κ3) is 7.38. The third-order valence-electron chi connectivity index (χ3n) is 4.93. The first-order valence-corrected chi connectivity index (χ1v) is 11.0. The molecule has 0 saturated heterocycles. The standard InChI is InChI=1S/C27H30N2O4/c1-4-17-32-25-14-11-22(18-26(25)31-3)20(2)29-27(30)15-10-21-8-12-24(13-9-21)33-19-23-7-5-6-16-28-23/h5-16,18,20H,4,17,19H2,1-3H3,(H,29,30)/b15-10+. The van der Waals surface area contributed by atoms with Crippen LogP contribution in [-0.2, 0) is 11.4 Å². The van der Waals surface area contributed by atoms with Crippen molar-refractivity contribution in [1.82, 2.24) is 10.3 Å². The molecule has 3 aromatic rings. The highest BCUT2D eigenvalue weighted by Crippen LogP contribution is 2.30. The highest BCUT2D eigenvalue weighted by Gasteiger charge is 2.12. The number of nitrogens with one attached hydrogen (secondary N) is 1. The zero-order valence-electron chi connectivity index (χ0n) is 19.3. The van der Waals surface area contributed by atoms with Crippen LogP contribution in [0, 0.1) is 0 Å². The summed E-state index contributed by atoms with van der Waals surface area (Å²) in [4.78, 5) is 16.6. The van der Waals surface area contributed by atoms with E-state index in [2.05, 4.69) is 17.2 Å². The van der Waals surface area contributed by atoms with Crippen LogP contribution in [0.15, 0.2) is 72.9 Å². The first kappa shape index (κ1) is 23.9. The summed E-state index contributed by atoms with van der Waals surface area (Å²) >= 11 is 0. The van der Waals surface area contributed by atoms with Gasteiger partial charge in [0.05, 0.1) is 25.5 Å². The number of carbonyl (C=O) groups is 1. The van der Waals surface area contributed by atoms with Gasteiger partial charge in [-0.1, -0.05) is 31.2 Å². The predicted octanol–water partition coefficient (Wildman–Crippen LogP) is 5.35. The molecule has 33 heavy (non-hydrogen) atoms. The van der Waals surface area contributed by atoms with Crippen molar-refractivity contribution in [3.05, 3.63) is 89.8 Å². The van der Waals surface area contributed by atoms with Crippen LogP contribution >= 0.6 is 0 Å². The Morgan fingerprint density at radius 2 is 1.88 bits per heavy atom. The van der Waals surface area contributed by atoms with E-state index in [0.717, 1.165) is 29.0 Å². The van der Waals surface area contributed by atoms with E-state index >= 15 is 0 Å². The van der Waals surface area contributed by atoms with Gasteiger partial charge in [-0.25, -0.2) is 0 Å². The minimum Gasteiger partial charge on any atom is -0.493 e. The molecule has 1 unspecified atom stereocenters. The predicted molar refractivity (Wildman–Crippen MR) is 129 cm³/mol. The molecule has 3 rings (SSSR count). The Labute approximate surface area is 195 Å². The average molecular weight is 447 g/mol. The Bertz CT molecular complexity index is 1050. The van der Waals surface area contributed by atoms with E-state index in [1.54, 1.807) is 19.4 Å². The molecular formula is C27H30N2O4. The largest absolute Gasteiger partial charge is 0.493 e. The molecule has 0 fully saturated rings. The van der Waals surface area contributed by atoms with Gasteiger partial charge in [0.2, 0.25) is 5.91 Å². The topological polar surface area (TPSA) is 69.7 Å². The van der Waals surface area contributed by atoms with Gasteiger partial charge >= 0.3 is 0 Å². The lowest BCUT2D eigenvalue weighted by atomic mass is 10.1. The van der Waals surface area contributed by atoms with Crippen LogP contribution < -0.4 is 19.5 Å². The van der Waals surface area contributed by atoms with Crippen LogP contribution in [0.3, 0.4) is 0 Å². The molecule has 6 heteroatoms. The molecule has 0 radical (unpaired) electrons. The number of pyridine rings is 1. The van der Waals surface area contributed by atoms with Crippen molar-refractivity contribution < 1.29 is 19.0 Å². The van der Waals surface area contributed by atoms with Crippen molar-refractivity contribution in [2.45, 2.75) is 32.9 Å². The number of benzene rings is 2. The highest BCUT2D eigenvalue weighted by molar-refractivity contribution is 5.92. The molecule has 1 aromatic heterocycles. The van der Waals surface area contributed by atoms with Crippen molar-refractivity contribution >= 4 is 12.0 Å². The fourth-order valence-corrected chi connectivity index (χ4v) is 3.12. The molecular weight excluding hydrogens is 416 g/mol. The lowest BCUT2D eigenvalue weighted by molar-refractivity contribution is -0.117. The number of hydrogen-bond donors (Lipinski definition) is 1. The van der Waals surface area contributed by atoms with Crippen molar-refractivity contribution in [2.75, 3.05) is 13.7 Å². The number of amides is 1. The van der Waals surface area contributed by atoms with Crippen molar-refractivity contribution in [3.63, 3.8) is 0 Å². The van der Waals surface area contributed by atoms with Gasteiger partial charge in [-0.3, -0.25) is 9.78 Å². The molecule has 6 nitrogen and oxygen atoms in total. The number of nitrogens with zero attached hydrogens (tertiary/aromatic N) is 1. The fourth-order valence-electron chi connectivity index (χ4n) is 3.12. The van der Waals surface area contributed by atoms with E-state index in [1.165, 1.54) is 6.08 Å². The van der Waals surface area contributed by atoms with Crippen LogP contribution in [0.2, 0.25) is 0 Å². The minimum atomic E-state index is -0.182. The number of rotatable bonds is 11. The smallest absolute Gasteiger partial charge is 0.244 e. The quantitative estimate of drug-likeness (QED) is 0.402. The summed E-state index contributed by atoms with van der Waals surface area (Å²) in [5.74, 6) is 1.93. The van der Waals surface area contributed by atoms with E-state index in [1.807, 2.05) is 67.6 Å². The molecule has 2 aromatic carbocycles. The van der Waals surface area contributed by atoms with Gasteiger partial charge in [0.25, 0.3) is 0 Å². The summed E-state index contributed by atoms with van der Waals surface area (Å²) in [7, 11) is 1.61. The fraction of sp³-hybridized carbons (Fsp3) is 0.259. The summed E-state index contributed by atoms with van der Waals surface area (Å²) < 4.78 is 16.9. The number of ether oxygens (including phenoxy) is 3. The Morgan fingerprint density at radius 1 is 1.06 bits per heavy atom. The summed E-state index contributed by atoms with van der Waals surface area (Å²) in [6, 6.07) is 18.8. The summed E-state index contributed by atoms with van der Waals surface area (Å²) in [5.41, 5.74) is 2.71. The number of hydrogen-bond acceptors (Lipinski definition) is 5. The lowest BCUT2D eigenvalue weighted by Crippen LogP contribution is -2.24. The van der Waals surface area contributed by atoms with Crippen LogP contribution in [0.5, 0.6) is 17.2 Å². The number of carbonyl (C=O) groups excluding carboxylic acids is 1. The zero-order valence-corrected chi connectivity index (χ0v) is 19.3. The minimum absolute atomic E-state index is 0.178. The third-order valence-corrected chi connectivity index (χ3v) is 4.93. The van der Waals surface area contributed by atoms with E-state index < -0.39 is 0 Å². The Balaban J connectivity index is 1.52. The maximum absolute atomic E-state index is 12.4. The summed E-state index contributed by atoms with van der Waals surface area (Å²) in [6.07, 6.45) is 5.96. The molecule has 0 aliphatic rings. The number of methoxy groups -OCH3 is 1. The molecule has 1 N–H and O–H groups in total. The van der Waals surface area contributed by atoms with E-state index in [4.69, 9.17) is 14.2 Å². The van der Waals surface area contributed by atoms with Gasteiger partial charge in [0, 0.05) is 12.3 Å². The van der Waals surface area contributed by atoms with Crippen molar-refractivity contribution in [3.8, 4) is 17.2 Å². The summed E-state index contributed by atoms with van der Waals surface area (Å²) in [5, 5.41) is 2.98. The Hall–Kier alpha value is -3.80. The average Bonchev–Trinajstić information content (AvgIpc) is 2.86. The molecule has 1 amide bonds. The van der Waals surface area contributed by atoms with Crippen LogP contribution in [0.25, 0.3) is 6.08 Å². The first-order valence-electron chi connectivity index (χ1n) is 11.0. The van der Waals surface area contributed by atoms with E-state index in [0.29, 0.717) is 24.7 Å². The van der Waals surface area contributed by atoms with Gasteiger partial charge in [-0.15, -0.1) is 0 Å². The van der Waals surface area contributed by atoms with Crippen LogP contribution in [-0.4, -0.2) is 24.6 Å². The molecule has 0 bridgehead atoms. The monoisotopic (exact) mass is 446 g/mol. The maximum Gasteiger partial charge on any atom is 0.244 e. The second kappa shape index (κ2) is 12.3. The zero-order chi connectivity index (χ0) is 23.5. The molecule has 172 valence electrons. The van der Waals surface area contributed by atoms with Gasteiger partial charge in [0.15, 0.2) is 11.5 Å². The lowest BCUT2D eigenvalue weighted by Gasteiger charge is -2.16. The summed E-state index contributed by atoms with van der Waals surface area (Å²) in [6.45, 7) is 5.02. The molecule has 1 heterocycles.